The number of hydrogen-bond donors (Lipinski definition) is 1. The fraction of sp³-hybridized carbons (Fsp3) is 0.545. The third kappa shape index (κ3) is 5.04. The van der Waals surface area contributed by atoms with Crippen molar-refractivity contribution in [1.29, 1.82) is 0 Å². The van der Waals surface area contributed by atoms with Gasteiger partial charge in [-0.05, 0) is 19.2 Å². The molecule has 6 heteroatoms. The lowest BCUT2D eigenvalue weighted by atomic mass is 10.2. The van der Waals surface area contributed by atoms with Crippen LogP contribution in [-0.2, 0) is 6.54 Å². The molecule has 0 aliphatic carbocycles. The van der Waals surface area contributed by atoms with Crippen LogP contribution < -0.4 is 10.2 Å². The minimum absolute atomic E-state index is 0.0491. The lowest BCUT2D eigenvalue weighted by molar-refractivity contribution is -0.132. The Kier molecular flexibility index (Phi) is 4.74. The van der Waals surface area contributed by atoms with Gasteiger partial charge in [-0.15, -0.1) is 0 Å². The second kappa shape index (κ2) is 5.86. The number of nitrogens with zero attached hydrogens (tertiary/aromatic N) is 2. The first-order chi connectivity index (χ1) is 7.92. The third-order valence-electron chi connectivity index (χ3n) is 2.33. The van der Waals surface area contributed by atoms with Crippen molar-refractivity contribution >= 4 is 5.69 Å². The summed E-state index contributed by atoms with van der Waals surface area (Å²) in [6.07, 6.45) is -3.33. The Bertz CT molecular complexity index is 352. The van der Waals surface area contributed by atoms with E-state index in [0.717, 1.165) is 11.4 Å². The fourth-order valence-corrected chi connectivity index (χ4v) is 1.40. The second-order valence-electron chi connectivity index (χ2n) is 3.82. The summed E-state index contributed by atoms with van der Waals surface area (Å²) in [6, 6.07) is 3.49. The molecule has 0 aliphatic heterocycles. The van der Waals surface area contributed by atoms with Crippen molar-refractivity contribution in [3.05, 3.63) is 24.0 Å². The molecule has 96 valence electrons. The molecule has 0 aliphatic rings. The van der Waals surface area contributed by atoms with E-state index in [4.69, 9.17) is 0 Å². The SMILES string of the molecule is CNCc1cc(N(C)CCC(F)(F)F)ccn1. The Morgan fingerprint density at radius 3 is 2.71 bits per heavy atom. The van der Waals surface area contributed by atoms with Crippen LogP contribution in [0.15, 0.2) is 18.3 Å². The van der Waals surface area contributed by atoms with Crippen molar-refractivity contribution in [2.45, 2.75) is 19.1 Å². The molecule has 0 aromatic carbocycles. The molecule has 1 heterocycles. The highest BCUT2D eigenvalue weighted by Gasteiger charge is 2.27. The van der Waals surface area contributed by atoms with Gasteiger partial charge in [0.1, 0.15) is 0 Å². The molecule has 17 heavy (non-hydrogen) atoms. The van der Waals surface area contributed by atoms with E-state index in [-0.39, 0.29) is 6.54 Å². The summed E-state index contributed by atoms with van der Waals surface area (Å²) in [4.78, 5) is 5.69. The average Bonchev–Trinajstić information content (AvgIpc) is 2.26. The molecular formula is C11H16F3N3. The van der Waals surface area contributed by atoms with Gasteiger partial charge in [-0.3, -0.25) is 4.98 Å². The zero-order valence-corrected chi connectivity index (χ0v) is 9.88. The first kappa shape index (κ1) is 13.8. The average molecular weight is 247 g/mol. The molecule has 0 radical (unpaired) electrons. The smallest absolute Gasteiger partial charge is 0.374 e. The molecule has 0 bridgehead atoms. The predicted molar refractivity (Wildman–Crippen MR) is 60.9 cm³/mol. The number of pyridine rings is 1. The Morgan fingerprint density at radius 1 is 1.41 bits per heavy atom. The molecule has 3 nitrogen and oxygen atoms in total. The number of rotatable bonds is 5. The monoisotopic (exact) mass is 247 g/mol. The maximum atomic E-state index is 12.1. The van der Waals surface area contributed by atoms with Gasteiger partial charge in [0.2, 0.25) is 0 Å². The second-order valence-corrected chi connectivity index (χ2v) is 3.82. The first-order valence-electron chi connectivity index (χ1n) is 5.30. The number of hydrogen-bond acceptors (Lipinski definition) is 3. The quantitative estimate of drug-likeness (QED) is 0.864. The van der Waals surface area contributed by atoms with Crippen LogP contribution in [-0.4, -0.2) is 31.8 Å². The van der Waals surface area contributed by atoms with Crippen molar-refractivity contribution in [3.8, 4) is 0 Å². The summed E-state index contributed by atoms with van der Waals surface area (Å²) in [6.45, 7) is 0.549. The van der Waals surface area contributed by atoms with Gasteiger partial charge in [0, 0.05) is 32.0 Å². The molecule has 0 saturated heterocycles. The predicted octanol–water partition coefficient (Wildman–Crippen LogP) is 2.19. The summed E-state index contributed by atoms with van der Waals surface area (Å²) in [5, 5.41) is 2.95. The van der Waals surface area contributed by atoms with E-state index >= 15 is 0 Å². The highest BCUT2D eigenvalue weighted by Crippen LogP contribution is 2.21. The van der Waals surface area contributed by atoms with Crippen molar-refractivity contribution < 1.29 is 13.2 Å². The van der Waals surface area contributed by atoms with E-state index in [1.165, 1.54) is 0 Å². The highest BCUT2D eigenvalue weighted by atomic mass is 19.4. The standard InChI is InChI=1S/C11H16F3N3/c1-15-8-9-7-10(3-5-16-9)17(2)6-4-11(12,13)14/h3,5,7,15H,4,6,8H2,1-2H3. The van der Waals surface area contributed by atoms with Gasteiger partial charge in [-0.1, -0.05) is 0 Å². The fourth-order valence-electron chi connectivity index (χ4n) is 1.40. The van der Waals surface area contributed by atoms with Crippen LogP contribution in [0.4, 0.5) is 18.9 Å². The van der Waals surface area contributed by atoms with E-state index in [9.17, 15) is 13.2 Å². The van der Waals surface area contributed by atoms with Gasteiger partial charge in [0.15, 0.2) is 0 Å². The maximum Gasteiger partial charge on any atom is 0.390 e. The van der Waals surface area contributed by atoms with Crippen LogP contribution in [0.25, 0.3) is 0 Å². The molecule has 0 amide bonds. The largest absolute Gasteiger partial charge is 0.390 e. The molecular weight excluding hydrogens is 231 g/mol. The van der Waals surface area contributed by atoms with Crippen LogP contribution in [0.1, 0.15) is 12.1 Å². The summed E-state index contributed by atoms with van der Waals surface area (Å²) in [5.41, 5.74) is 1.55. The zero-order valence-electron chi connectivity index (χ0n) is 9.88. The molecule has 0 spiro atoms. The molecule has 1 aromatic rings. The molecule has 1 rings (SSSR count). The lowest BCUT2D eigenvalue weighted by Gasteiger charge is -2.20. The molecule has 0 atom stereocenters. The van der Waals surface area contributed by atoms with Crippen molar-refractivity contribution in [3.63, 3.8) is 0 Å². The highest BCUT2D eigenvalue weighted by molar-refractivity contribution is 5.45. The number of halogens is 3. The summed E-state index contributed by atoms with van der Waals surface area (Å²) in [7, 11) is 3.44. The zero-order chi connectivity index (χ0) is 12.9. The van der Waals surface area contributed by atoms with Crippen LogP contribution in [0.2, 0.25) is 0 Å². The minimum Gasteiger partial charge on any atom is -0.374 e. The van der Waals surface area contributed by atoms with Gasteiger partial charge in [0.05, 0.1) is 12.1 Å². The van der Waals surface area contributed by atoms with E-state index in [1.54, 1.807) is 37.3 Å². The molecule has 0 saturated carbocycles. The summed E-state index contributed by atoms with van der Waals surface area (Å²) in [5.74, 6) is 0. The summed E-state index contributed by atoms with van der Waals surface area (Å²) >= 11 is 0. The van der Waals surface area contributed by atoms with Crippen LogP contribution in [0.3, 0.4) is 0 Å². The Hall–Kier alpha value is -1.30. The van der Waals surface area contributed by atoms with Crippen LogP contribution in [0.5, 0.6) is 0 Å². The van der Waals surface area contributed by atoms with Crippen molar-refractivity contribution in [2.24, 2.45) is 0 Å². The van der Waals surface area contributed by atoms with E-state index in [1.807, 2.05) is 0 Å². The molecule has 0 unspecified atom stereocenters. The molecule has 1 aromatic heterocycles. The molecule has 1 N–H and O–H groups in total. The van der Waals surface area contributed by atoms with Gasteiger partial charge >= 0.3 is 6.18 Å². The topological polar surface area (TPSA) is 28.2 Å². The third-order valence-corrected chi connectivity index (χ3v) is 2.33. The van der Waals surface area contributed by atoms with Gasteiger partial charge < -0.3 is 10.2 Å². The number of anilines is 1. The van der Waals surface area contributed by atoms with E-state index in [2.05, 4.69) is 10.3 Å². The van der Waals surface area contributed by atoms with Gasteiger partial charge in [0.25, 0.3) is 0 Å². The maximum absolute atomic E-state index is 12.1. The molecule has 0 fully saturated rings. The number of aromatic nitrogens is 1. The van der Waals surface area contributed by atoms with Gasteiger partial charge in [-0.25, -0.2) is 0 Å². The van der Waals surface area contributed by atoms with Crippen LogP contribution >= 0.6 is 0 Å². The Balaban J connectivity index is 2.62. The number of alkyl halides is 3. The normalized spacial score (nSPS) is 11.6. The van der Waals surface area contributed by atoms with E-state index < -0.39 is 12.6 Å². The Labute approximate surface area is 98.6 Å². The Morgan fingerprint density at radius 2 is 2.12 bits per heavy atom. The first-order valence-corrected chi connectivity index (χ1v) is 5.30. The minimum atomic E-state index is -4.12. The van der Waals surface area contributed by atoms with Crippen LogP contribution in [0, 0.1) is 0 Å². The van der Waals surface area contributed by atoms with Crippen molar-refractivity contribution in [2.75, 3.05) is 25.5 Å². The van der Waals surface area contributed by atoms with E-state index in [0.29, 0.717) is 6.54 Å². The van der Waals surface area contributed by atoms with Crippen molar-refractivity contribution in [1.82, 2.24) is 10.3 Å². The van der Waals surface area contributed by atoms with Gasteiger partial charge in [-0.2, -0.15) is 13.2 Å². The number of nitrogens with one attached hydrogen (secondary N) is 1. The summed E-state index contributed by atoms with van der Waals surface area (Å²) < 4.78 is 36.2. The lowest BCUT2D eigenvalue weighted by Crippen LogP contribution is -2.24.